The second-order valence-corrected chi connectivity index (χ2v) is 12.4. The summed E-state index contributed by atoms with van der Waals surface area (Å²) in [5, 5.41) is 0. The van der Waals surface area contributed by atoms with Crippen LogP contribution in [0.15, 0.2) is 39.9 Å². The lowest BCUT2D eigenvalue weighted by molar-refractivity contribution is 0.224. The highest BCUT2D eigenvalue weighted by Gasteiger charge is 2.27. The van der Waals surface area contributed by atoms with E-state index in [1.165, 1.54) is 41.9 Å². The fourth-order valence-corrected chi connectivity index (χ4v) is 6.97. The van der Waals surface area contributed by atoms with E-state index >= 15 is 0 Å². The number of sulfonamides is 2. The van der Waals surface area contributed by atoms with Crippen molar-refractivity contribution in [1.82, 2.24) is 14.0 Å². The Morgan fingerprint density at radius 2 is 1.46 bits per heavy atom. The maximum atomic E-state index is 12.2. The van der Waals surface area contributed by atoms with Crippen LogP contribution in [0, 0.1) is 0 Å². The largest absolute Gasteiger partial charge is 0.494 e. The number of hydrogen-bond acceptors (Lipinski definition) is 9. The summed E-state index contributed by atoms with van der Waals surface area (Å²) in [6.45, 7) is 4.19. The minimum absolute atomic E-state index is 0.0222. The van der Waals surface area contributed by atoms with Gasteiger partial charge in [0.1, 0.15) is 11.6 Å². The molecule has 35 heavy (non-hydrogen) atoms. The van der Waals surface area contributed by atoms with E-state index < -0.39 is 20.0 Å². The molecule has 0 saturated carbocycles. The predicted octanol–water partition coefficient (Wildman–Crippen LogP) is -0.599. The van der Waals surface area contributed by atoms with Crippen LogP contribution < -0.4 is 24.6 Å². The molecule has 2 aromatic rings. The Morgan fingerprint density at radius 1 is 0.886 bits per heavy atom. The van der Waals surface area contributed by atoms with E-state index in [0.717, 1.165) is 43.1 Å². The molecule has 2 heterocycles. The first-order valence-electron chi connectivity index (χ1n) is 11.0. The molecular weight excluding hydrogens is 498 g/mol. The van der Waals surface area contributed by atoms with Crippen LogP contribution in [0.2, 0.25) is 0 Å². The summed E-state index contributed by atoms with van der Waals surface area (Å²) in [6, 6.07) is 7.33. The number of hydrogen-bond donors (Lipinski definition) is 0. The minimum Gasteiger partial charge on any atom is -0.494 e. The number of nitrogens with zero attached hydrogens (tertiary/aromatic N) is 5. The van der Waals surface area contributed by atoms with Gasteiger partial charge in [0.2, 0.25) is 20.0 Å². The molecule has 0 N–H and O–H groups in total. The Bertz CT molecular complexity index is 1340. The van der Waals surface area contributed by atoms with Gasteiger partial charge in [-0.1, -0.05) is 0 Å². The van der Waals surface area contributed by atoms with Crippen molar-refractivity contribution in [2.24, 2.45) is 14.1 Å². The zero-order valence-electron chi connectivity index (χ0n) is 20.2. The fourth-order valence-electron chi connectivity index (χ4n) is 4.00. The van der Waals surface area contributed by atoms with Crippen LogP contribution in [0.25, 0.3) is 0 Å². The highest BCUT2D eigenvalue weighted by atomic mass is 32.3. The fraction of sp³-hybridized carbons (Fsp3) is 0.524. The number of anilines is 2. The van der Waals surface area contributed by atoms with Gasteiger partial charge < -0.3 is 9.64 Å². The van der Waals surface area contributed by atoms with Crippen LogP contribution in [0.1, 0.15) is 6.42 Å². The summed E-state index contributed by atoms with van der Waals surface area (Å²) in [5.74, 6) is 1.13. The highest BCUT2D eigenvalue weighted by molar-refractivity contribution is 8.09. The zero-order chi connectivity index (χ0) is 26.0. The van der Waals surface area contributed by atoms with Crippen LogP contribution in [0.4, 0.5) is 11.5 Å². The van der Waals surface area contributed by atoms with Crippen LogP contribution >= 0.6 is 0 Å². The lowest BCUT2D eigenvalue weighted by atomic mass is 10.3. The lowest BCUT2D eigenvalue weighted by Gasteiger charge is -2.36. The summed E-state index contributed by atoms with van der Waals surface area (Å²) in [4.78, 5) is 28.5. The third-order valence-electron chi connectivity index (χ3n) is 5.73. The molecule has 1 aliphatic rings. The van der Waals surface area contributed by atoms with Crippen molar-refractivity contribution < 1.29 is 21.6 Å². The van der Waals surface area contributed by atoms with Crippen LogP contribution in [0.3, 0.4) is 0 Å². The third-order valence-corrected chi connectivity index (χ3v) is 8.99. The van der Waals surface area contributed by atoms with Gasteiger partial charge in [-0.15, -0.1) is 0 Å². The summed E-state index contributed by atoms with van der Waals surface area (Å²) >= 11 is 0. The lowest BCUT2D eigenvalue weighted by Crippen LogP contribution is -2.49. The van der Waals surface area contributed by atoms with Gasteiger partial charge in [-0.25, -0.2) is 21.6 Å². The van der Waals surface area contributed by atoms with Crippen molar-refractivity contribution in [2.75, 3.05) is 60.5 Å². The summed E-state index contributed by atoms with van der Waals surface area (Å²) in [7, 11) is -4.86. The molecule has 0 unspecified atom stereocenters. The second-order valence-electron chi connectivity index (χ2n) is 8.49. The molecule has 0 radical (unpaired) electrons. The Morgan fingerprint density at radius 3 is 2.00 bits per heavy atom. The minimum atomic E-state index is -3.99. The summed E-state index contributed by atoms with van der Waals surface area (Å²) in [6.07, 6.45) is 2.42. The molecule has 3 rings (SSSR count). The van der Waals surface area contributed by atoms with E-state index in [9.17, 15) is 26.4 Å². The van der Waals surface area contributed by atoms with E-state index in [2.05, 4.69) is 4.90 Å². The molecule has 0 spiro atoms. The van der Waals surface area contributed by atoms with E-state index in [0.29, 0.717) is 35.0 Å². The number of ether oxygens (including phenoxy) is 1. The molecule has 1 aromatic heterocycles. The zero-order valence-corrected chi connectivity index (χ0v) is 21.9. The quantitative estimate of drug-likeness (QED) is 0.391. The van der Waals surface area contributed by atoms with Crippen LogP contribution in [0.5, 0.6) is 5.75 Å². The smallest absolute Gasteiger partial charge is 0.332 e. The Labute approximate surface area is 205 Å². The maximum absolute atomic E-state index is 12.2. The number of aromatic nitrogens is 2. The molecule has 1 saturated heterocycles. The maximum Gasteiger partial charge on any atom is 0.332 e. The Kier molecular flexibility index (Phi) is 7.97. The van der Waals surface area contributed by atoms with Gasteiger partial charge in [0.15, 0.2) is 0 Å². The molecule has 0 atom stereocenters. The first kappa shape index (κ1) is 26.8. The van der Waals surface area contributed by atoms with E-state index in [-0.39, 0.29) is 16.9 Å². The molecule has 0 bridgehead atoms. The van der Waals surface area contributed by atoms with Crippen molar-refractivity contribution >= 4 is 31.6 Å². The van der Waals surface area contributed by atoms with Crippen molar-refractivity contribution in [2.45, 2.75) is 6.42 Å². The molecule has 1 aromatic carbocycles. The highest BCUT2D eigenvalue weighted by Crippen LogP contribution is 2.24. The Hall–Kier alpha value is -2.84. The van der Waals surface area contributed by atoms with Gasteiger partial charge in [-0.2, -0.15) is 3.71 Å². The molecular formula is C21H31N5O7S2. The average Bonchev–Trinajstić information content (AvgIpc) is 2.77. The molecule has 194 valence electrons. The van der Waals surface area contributed by atoms with Gasteiger partial charge in [0, 0.05) is 52.9 Å². The second kappa shape index (κ2) is 10.4. The molecule has 0 amide bonds. The van der Waals surface area contributed by atoms with Gasteiger partial charge >= 0.3 is 5.69 Å². The van der Waals surface area contributed by atoms with Crippen molar-refractivity contribution in [3.63, 3.8) is 0 Å². The average molecular weight is 530 g/mol. The summed E-state index contributed by atoms with van der Waals surface area (Å²) in [5.41, 5.74) is -0.648. The van der Waals surface area contributed by atoms with Crippen LogP contribution in [-0.2, 0) is 34.1 Å². The van der Waals surface area contributed by atoms with Crippen molar-refractivity contribution in [3.05, 3.63) is 51.2 Å². The van der Waals surface area contributed by atoms with Crippen molar-refractivity contribution in [3.8, 4) is 5.75 Å². The molecule has 12 nitrogen and oxygen atoms in total. The first-order chi connectivity index (χ1) is 16.3. The Balaban J connectivity index is 1.48. The first-order valence-corrected chi connectivity index (χ1v) is 14.7. The van der Waals surface area contributed by atoms with E-state index in [4.69, 9.17) is 4.74 Å². The van der Waals surface area contributed by atoms with E-state index in [1.807, 2.05) is 4.90 Å². The number of rotatable bonds is 9. The van der Waals surface area contributed by atoms with Gasteiger partial charge in [0.05, 0.1) is 24.8 Å². The monoisotopic (exact) mass is 529 g/mol. The van der Waals surface area contributed by atoms with Crippen LogP contribution in [-0.4, -0.2) is 82.7 Å². The SMILES string of the molecule is Cn1c(N2CCN(CCCOc3ccc(N(S(C)(=O)=O)S(C)(=O)=O)cc3)CC2)cc(=O)n(C)c1=O. The summed E-state index contributed by atoms with van der Waals surface area (Å²) < 4.78 is 56.1. The molecule has 1 fully saturated rings. The third kappa shape index (κ3) is 6.44. The molecule has 1 aliphatic heterocycles. The van der Waals surface area contributed by atoms with Gasteiger partial charge in [-0.3, -0.25) is 18.8 Å². The van der Waals surface area contributed by atoms with Crippen molar-refractivity contribution in [1.29, 1.82) is 0 Å². The van der Waals surface area contributed by atoms with E-state index in [1.54, 1.807) is 7.05 Å². The normalized spacial score (nSPS) is 15.3. The molecule has 14 heteroatoms. The standard InChI is InChI=1S/C21H31N5O7S2/c1-22-19(16-20(27)23(2)21(22)28)25-13-11-24(12-14-25)10-5-15-33-18-8-6-17(7-9-18)26(34(3,29)30)35(4,31)32/h6-9,16H,5,10-15H2,1-4H3. The van der Waals surface area contributed by atoms with Gasteiger partial charge in [-0.05, 0) is 30.7 Å². The molecule has 0 aliphatic carbocycles. The number of piperazine rings is 1. The topological polar surface area (TPSA) is 131 Å². The predicted molar refractivity (Wildman–Crippen MR) is 134 cm³/mol. The number of benzene rings is 1. The van der Waals surface area contributed by atoms with Gasteiger partial charge in [0.25, 0.3) is 5.56 Å².